The van der Waals surface area contributed by atoms with Crippen LogP contribution in [0.15, 0.2) is 40.8 Å². The monoisotopic (exact) mass is 378 g/mol. The van der Waals surface area contributed by atoms with Gasteiger partial charge in [-0.3, -0.25) is 0 Å². The molecule has 1 unspecified atom stereocenters. The number of hydrogen-bond acceptors (Lipinski definition) is 5. The van der Waals surface area contributed by atoms with Crippen molar-refractivity contribution < 1.29 is 24.5 Å². The summed E-state index contributed by atoms with van der Waals surface area (Å²) in [6, 6.07) is 7.73. The van der Waals surface area contributed by atoms with Crippen molar-refractivity contribution in [3.63, 3.8) is 0 Å². The first-order valence-electron chi connectivity index (χ1n) is 9.58. The van der Waals surface area contributed by atoms with E-state index in [-0.39, 0.29) is 22.7 Å². The first-order valence-corrected chi connectivity index (χ1v) is 9.58. The van der Waals surface area contributed by atoms with Crippen LogP contribution < -0.4 is 4.74 Å². The van der Waals surface area contributed by atoms with Crippen molar-refractivity contribution >= 4 is 17.0 Å². The fourth-order valence-corrected chi connectivity index (χ4v) is 4.23. The Kier molecular flexibility index (Phi) is 3.63. The molecule has 3 N–H and O–H groups in total. The summed E-state index contributed by atoms with van der Waals surface area (Å²) in [7, 11) is 0. The Bertz CT molecular complexity index is 1090. The van der Waals surface area contributed by atoms with Crippen molar-refractivity contribution in [3.8, 4) is 34.3 Å². The summed E-state index contributed by atoms with van der Waals surface area (Å²) < 4.78 is 12.1. The highest BCUT2D eigenvalue weighted by molar-refractivity contribution is 5.94. The minimum absolute atomic E-state index is 0.0448. The summed E-state index contributed by atoms with van der Waals surface area (Å²) in [6.45, 7) is 2.73. The summed E-state index contributed by atoms with van der Waals surface area (Å²) in [5.41, 5.74) is 1.82. The highest BCUT2D eigenvalue weighted by atomic mass is 16.5. The number of rotatable bonds is 2. The van der Waals surface area contributed by atoms with Crippen LogP contribution in [-0.4, -0.2) is 21.9 Å². The van der Waals surface area contributed by atoms with Gasteiger partial charge >= 0.3 is 0 Å². The predicted octanol–water partition coefficient (Wildman–Crippen LogP) is 5.43. The lowest BCUT2D eigenvalue weighted by atomic mass is 9.66. The smallest absolute Gasteiger partial charge is 0.171 e. The van der Waals surface area contributed by atoms with E-state index in [0.29, 0.717) is 40.7 Å². The van der Waals surface area contributed by atoms with Gasteiger partial charge in [0.05, 0.1) is 12.2 Å². The number of ether oxygens (including phenoxy) is 1. The Hall–Kier alpha value is -3.08. The zero-order valence-electron chi connectivity index (χ0n) is 15.6. The Balaban J connectivity index is 1.64. The van der Waals surface area contributed by atoms with Crippen molar-refractivity contribution in [2.45, 2.75) is 26.2 Å². The van der Waals surface area contributed by atoms with E-state index in [4.69, 9.17) is 9.15 Å². The average molecular weight is 378 g/mol. The van der Waals surface area contributed by atoms with Gasteiger partial charge in [0.1, 0.15) is 22.8 Å². The number of benzene rings is 2. The molecular weight excluding hydrogens is 356 g/mol. The second-order valence-corrected chi connectivity index (χ2v) is 8.16. The molecule has 2 heterocycles. The lowest BCUT2D eigenvalue weighted by Gasteiger charge is -2.40. The molecule has 1 saturated carbocycles. The average Bonchev–Trinajstić information content (AvgIpc) is 2.91. The van der Waals surface area contributed by atoms with Gasteiger partial charge in [0.25, 0.3) is 0 Å². The molecule has 3 aromatic rings. The number of phenolic OH excluding ortho intramolecular Hbond substituents is 3. The molecular formula is C23H22O5. The van der Waals surface area contributed by atoms with Gasteiger partial charge in [-0.1, -0.05) is 25.5 Å². The van der Waals surface area contributed by atoms with Crippen LogP contribution >= 0.6 is 0 Å². The normalized spacial score (nSPS) is 21.8. The minimum Gasteiger partial charge on any atom is -0.508 e. The molecule has 1 atom stereocenters. The molecule has 0 amide bonds. The van der Waals surface area contributed by atoms with E-state index in [2.05, 4.69) is 13.0 Å². The van der Waals surface area contributed by atoms with Gasteiger partial charge in [-0.05, 0) is 43.0 Å². The maximum atomic E-state index is 10.5. The van der Waals surface area contributed by atoms with Crippen molar-refractivity contribution in [3.05, 3.63) is 42.0 Å². The van der Waals surface area contributed by atoms with Crippen LogP contribution in [0.5, 0.6) is 23.0 Å². The van der Waals surface area contributed by atoms with Gasteiger partial charge in [0.15, 0.2) is 11.5 Å². The predicted molar refractivity (Wildman–Crippen MR) is 107 cm³/mol. The molecule has 1 aliphatic carbocycles. The van der Waals surface area contributed by atoms with E-state index in [1.54, 1.807) is 12.1 Å². The molecule has 0 saturated heterocycles. The first kappa shape index (κ1) is 17.0. The van der Waals surface area contributed by atoms with Crippen LogP contribution in [0.3, 0.4) is 0 Å². The number of aromatic hydroxyl groups is 3. The molecule has 144 valence electrons. The van der Waals surface area contributed by atoms with Gasteiger partial charge in [-0.2, -0.15) is 0 Å². The quantitative estimate of drug-likeness (QED) is 0.554. The molecule has 1 aromatic heterocycles. The molecule has 0 bridgehead atoms. The minimum atomic E-state index is -0.0670. The molecule has 2 aromatic carbocycles. The Labute approximate surface area is 162 Å². The van der Waals surface area contributed by atoms with E-state index in [1.165, 1.54) is 37.5 Å². The molecule has 2 aliphatic rings. The van der Waals surface area contributed by atoms with E-state index in [0.717, 1.165) is 5.39 Å². The zero-order chi connectivity index (χ0) is 19.5. The lowest BCUT2D eigenvalue weighted by molar-refractivity contribution is 0.0880. The van der Waals surface area contributed by atoms with Crippen LogP contribution in [0.2, 0.25) is 0 Å². The molecule has 0 radical (unpaired) electrons. The molecule has 1 fully saturated rings. The van der Waals surface area contributed by atoms with Gasteiger partial charge < -0.3 is 24.5 Å². The van der Waals surface area contributed by atoms with Gasteiger partial charge in [-0.25, -0.2) is 0 Å². The summed E-state index contributed by atoms with van der Waals surface area (Å²) in [4.78, 5) is 0. The summed E-state index contributed by atoms with van der Waals surface area (Å²) in [5.74, 6) is 1.52. The Morgan fingerprint density at radius 1 is 1.00 bits per heavy atom. The van der Waals surface area contributed by atoms with Crippen molar-refractivity contribution in [2.75, 3.05) is 6.61 Å². The van der Waals surface area contributed by atoms with Crippen molar-refractivity contribution in [1.29, 1.82) is 0 Å². The molecule has 5 nitrogen and oxygen atoms in total. The summed E-state index contributed by atoms with van der Waals surface area (Å²) in [5, 5.41) is 30.8. The molecule has 1 aliphatic heterocycles. The number of furan rings is 1. The molecule has 5 rings (SSSR count). The van der Waals surface area contributed by atoms with Crippen LogP contribution in [0.1, 0.15) is 31.7 Å². The Morgan fingerprint density at radius 2 is 1.75 bits per heavy atom. The number of hydrogen-bond donors (Lipinski definition) is 3. The van der Waals surface area contributed by atoms with E-state index < -0.39 is 0 Å². The van der Waals surface area contributed by atoms with Crippen LogP contribution in [0.25, 0.3) is 28.4 Å². The maximum Gasteiger partial charge on any atom is 0.171 e. The van der Waals surface area contributed by atoms with E-state index in [1.807, 2.05) is 6.08 Å². The molecule has 28 heavy (non-hydrogen) atoms. The molecule has 0 spiro atoms. The van der Waals surface area contributed by atoms with E-state index >= 15 is 0 Å². The summed E-state index contributed by atoms with van der Waals surface area (Å²) >= 11 is 0. The largest absolute Gasteiger partial charge is 0.508 e. The van der Waals surface area contributed by atoms with Crippen LogP contribution in [0, 0.1) is 11.3 Å². The number of fused-ring (bicyclic) bond motifs is 3. The standard InChI is InChI=1S/C23H22O5/c1-23(15-3-2-4-15)6-5-18-21-14(9-19(26)22(18)27-12-23)10-20(28-21)13-7-16(24)11-17(25)8-13/h5-11,15,24-26H,2-4,12H2,1H3. The van der Waals surface area contributed by atoms with Gasteiger partial charge in [0, 0.05) is 22.4 Å². The SMILES string of the molecule is CC1(C2CCC2)C=Cc2c(c(O)cc3cc(-c4cc(O)cc(O)c4)oc23)OC1. The first-order chi connectivity index (χ1) is 13.4. The third-order valence-corrected chi connectivity index (χ3v) is 6.16. The highest BCUT2D eigenvalue weighted by Gasteiger charge is 2.38. The van der Waals surface area contributed by atoms with Crippen LogP contribution in [-0.2, 0) is 0 Å². The second-order valence-electron chi connectivity index (χ2n) is 8.16. The summed E-state index contributed by atoms with van der Waals surface area (Å²) in [6.07, 6.45) is 7.84. The molecule has 5 heteroatoms. The maximum absolute atomic E-state index is 10.5. The fourth-order valence-electron chi connectivity index (χ4n) is 4.23. The second kappa shape index (κ2) is 5.96. The third kappa shape index (κ3) is 2.61. The zero-order valence-corrected chi connectivity index (χ0v) is 15.6. The number of phenols is 3. The van der Waals surface area contributed by atoms with Gasteiger partial charge in [0.2, 0.25) is 0 Å². The lowest BCUT2D eigenvalue weighted by Crippen LogP contribution is -2.35. The van der Waals surface area contributed by atoms with Gasteiger partial charge in [-0.15, -0.1) is 0 Å². The van der Waals surface area contributed by atoms with E-state index in [9.17, 15) is 15.3 Å². The van der Waals surface area contributed by atoms with Crippen molar-refractivity contribution in [2.24, 2.45) is 11.3 Å². The van der Waals surface area contributed by atoms with Crippen molar-refractivity contribution in [1.82, 2.24) is 0 Å². The van der Waals surface area contributed by atoms with Crippen LogP contribution in [0.4, 0.5) is 0 Å². The third-order valence-electron chi connectivity index (χ3n) is 6.16. The topological polar surface area (TPSA) is 83.1 Å². The Morgan fingerprint density at radius 3 is 2.43 bits per heavy atom. The fraction of sp³-hybridized carbons (Fsp3) is 0.304. The highest BCUT2D eigenvalue weighted by Crippen LogP contribution is 2.48.